The molecule has 0 spiro atoms. The fourth-order valence-electron chi connectivity index (χ4n) is 2.16. The van der Waals surface area contributed by atoms with Gasteiger partial charge < -0.3 is 10.2 Å². The van der Waals surface area contributed by atoms with Crippen LogP contribution in [-0.2, 0) is 13.0 Å². The predicted octanol–water partition coefficient (Wildman–Crippen LogP) is 3.26. The summed E-state index contributed by atoms with van der Waals surface area (Å²) in [6.07, 6.45) is 1.02. The number of nitrogens with zero attached hydrogens (tertiary/aromatic N) is 3. The van der Waals surface area contributed by atoms with Crippen LogP contribution in [0.5, 0.6) is 0 Å². The van der Waals surface area contributed by atoms with Crippen LogP contribution in [0.25, 0.3) is 0 Å². The summed E-state index contributed by atoms with van der Waals surface area (Å²) in [5, 5.41) is 14.3. The lowest BCUT2D eigenvalue weighted by Crippen LogP contribution is -2.39. The van der Waals surface area contributed by atoms with Gasteiger partial charge in [0.1, 0.15) is 0 Å². The normalized spacial score (nSPS) is 11.1. The molecule has 2 aromatic rings. The van der Waals surface area contributed by atoms with E-state index in [4.69, 9.17) is 10.3 Å². The Bertz CT molecular complexity index is 653. The summed E-state index contributed by atoms with van der Waals surface area (Å²) in [5.74, 6) is 0.911. The average Bonchev–Trinajstić information content (AvgIpc) is 3.10. The molecule has 0 aliphatic carbocycles. The number of aliphatic imine (C=N–C) groups is 1. The fraction of sp³-hybridized carbons (Fsp3) is 0.333. The molecule has 0 amide bonds. The molecule has 1 aromatic heterocycles. The van der Waals surface area contributed by atoms with Gasteiger partial charge in [0, 0.05) is 25.0 Å². The van der Waals surface area contributed by atoms with Gasteiger partial charge in [0.05, 0.1) is 18.2 Å². The van der Waals surface area contributed by atoms with Gasteiger partial charge in [-0.1, -0.05) is 18.2 Å². The summed E-state index contributed by atoms with van der Waals surface area (Å²) in [6, 6.07) is 14.0. The molecule has 0 fully saturated rings. The van der Waals surface area contributed by atoms with Gasteiger partial charge in [-0.25, -0.2) is 4.99 Å². The molecule has 0 unspecified atom stereocenters. The Hall–Kier alpha value is -2.32. The lowest BCUT2D eigenvalue weighted by atomic mass is 10.1. The van der Waals surface area contributed by atoms with E-state index < -0.39 is 0 Å². The van der Waals surface area contributed by atoms with E-state index in [2.05, 4.69) is 47.8 Å². The van der Waals surface area contributed by atoms with E-state index in [-0.39, 0.29) is 0 Å². The Morgan fingerprint density at radius 2 is 2.09 bits per heavy atom. The van der Waals surface area contributed by atoms with Gasteiger partial charge in [0.2, 0.25) is 0 Å². The van der Waals surface area contributed by atoms with Crippen LogP contribution < -0.4 is 5.32 Å². The van der Waals surface area contributed by atoms with Crippen LogP contribution in [0.3, 0.4) is 0 Å². The number of benzene rings is 1. The SMILES string of the molecule is CCNC(=NCc1ccc(C#N)cc1)N(C)CCc1cccs1. The van der Waals surface area contributed by atoms with E-state index >= 15 is 0 Å². The van der Waals surface area contributed by atoms with Crippen molar-refractivity contribution >= 4 is 17.3 Å². The largest absolute Gasteiger partial charge is 0.357 e. The average molecular weight is 326 g/mol. The summed E-state index contributed by atoms with van der Waals surface area (Å²) < 4.78 is 0. The van der Waals surface area contributed by atoms with Crippen LogP contribution in [0.15, 0.2) is 46.8 Å². The van der Waals surface area contributed by atoms with E-state index in [1.165, 1.54) is 4.88 Å². The number of hydrogen-bond donors (Lipinski definition) is 1. The van der Waals surface area contributed by atoms with Crippen LogP contribution in [0.1, 0.15) is 22.9 Å². The lowest BCUT2D eigenvalue weighted by molar-refractivity contribution is 0.486. The number of thiophene rings is 1. The van der Waals surface area contributed by atoms with E-state index in [1.807, 2.05) is 24.3 Å². The molecule has 4 nitrogen and oxygen atoms in total. The first-order valence-electron chi connectivity index (χ1n) is 7.73. The highest BCUT2D eigenvalue weighted by atomic mass is 32.1. The number of rotatable bonds is 6. The van der Waals surface area contributed by atoms with E-state index in [9.17, 15) is 0 Å². The van der Waals surface area contributed by atoms with Crippen molar-refractivity contribution in [2.45, 2.75) is 19.9 Å². The molecule has 1 heterocycles. The van der Waals surface area contributed by atoms with Crippen molar-refractivity contribution in [1.29, 1.82) is 5.26 Å². The first kappa shape index (κ1) is 17.0. The topological polar surface area (TPSA) is 51.4 Å². The molecule has 0 atom stereocenters. The molecular formula is C18H22N4S. The van der Waals surface area contributed by atoms with Crippen LogP contribution in [0.2, 0.25) is 0 Å². The van der Waals surface area contributed by atoms with Gasteiger partial charge in [0.25, 0.3) is 0 Å². The van der Waals surface area contributed by atoms with Crippen molar-refractivity contribution < 1.29 is 0 Å². The Kier molecular flexibility index (Phi) is 6.64. The minimum Gasteiger partial charge on any atom is -0.357 e. The van der Waals surface area contributed by atoms with E-state index in [1.54, 1.807) is 11.3 Å². The second kappa shape index (κ2) is 8.96. The molecule has 1 aromatic carbocycles. The zero-order valence-corrected chi connectivity index (χ0v) is 14.4. The third kappa shape index (κ3) is 5.42. The maximum Gasteiger partial charge on any atom is 0.193 e. The summed E-state index contributed by atoms with van der Waals surface area (Å²) in [6.45, 7) is 4.46. The van der Waals surface area contributed by atoms with E-state index in [0.29, 0.717) is 12.1 Å². The minimum atomic E-state index is 0.609. The predicted molar refractivity (Wildman–Crippen MR) is 96.6 cm³/mol. The van der Waals surface area contributed by atoms with Crippen LogP contribution >= 0.6 is 11.3 Å². The molecule has 120 valence electrons. The van der Waals surface area contributed by atoms with Gasteiger partial charge in [-0.15, -0.1) is 11.3 Å². The first-order chi connectivity index (χ1) is 11.2. The molecule has 0 saturated carbocycles. The number of guanidine groups is 1. The van der Waals surface area contributed by atoms with Gasteiger partial charge in [-0.05, 0) is 42.5 Å². The number of hydrogen-bond acceptors (Lipinski definition) is 3. The number of nitrogens with one attached hydrogen (secondary N) is 1. The van der Waals surface area contributed by atoms with Gasteiger partial charge in [-0.2, -0.15) is 5.26 Å². The van der Waals surface area contributed by atoms with Crippen LogP contribution in [0.4, 0.5) is 0 Å². The zero-order valence-electron chi connectivity index (χ0n) is 13.6. The van der Waals surface area contributed by atoms with Gasteiger partial charge >= 0.3 is 0 Å². The molecule has 23 heavy (non-hydrogen) atoms. The molecule has 2 rings (SSSR count). The molecule has 1 N–H and O–H groups in total. The first-order valence-corrected chi connectivity index (χ1v) is 8.61. The Labute approximate surface area is 142 Å². The third-order valence-corrected chi connectivity index (χ3v) is 4.40. The highest BCUT2D eigenvalue weighted by Gasteiger charge is 2.06. The van der Waals surface area contributed by atoms with Crippen molar-refractivity contribution in [3.8, 4) is 6.07 Å². The molecule has 0 aliphatic heterocycles. The quantitative estimate of drug-likeness (QED) is 0.655. The van der Waals surface area contributed by atoms with Crippen molar-refractivity contribution in [2.75, 3.05) is 20.1 Å². The standard InChI is InChI=1S/C18H22N4S/c1-3-20-18(22(2)11-10-17-5-4-12-23-17)21-14-16-8-6-15(13-19)7-9-16/h4-9,12H,3,10-11,14H2,1-2H3,(H,20,21). The number of likely N-dealkylation sites (N-methyl/N-ethyl adjacent to an activating group) is 1. The summed E-state index contributed by atoms with van der Waals surface area (Å²) >= 11 is 1.79. The second-order valence-corrected chi connectivity index (χ2v) is 6.26. The zero-order chi connectivity index (χ0) is 16.5. The monoisotopic (exact) mass is 326 g/mol. The van der Waals surface area contributed by atoms with E-state index in [0.717, 1.165) is 31.0 Å². The lowest BCUT2D eigenvalue weighted by Gasteiger charge is -2.21. The van der Waals surface area contributed by atoms with Crippen LogP contribution in [0, 0.1) is 11.3 Å². The van der Waals surface area contributed by atoms with Gasteiger partial charge in [-0.3, -0.25) is 0 Å². The Morgan fingerprint density at radius 3 is 2.70 bits per heavy atom. The highest BCUT2D eigenvalue weighted by Crippen LogP contribution is 2.10. The van der Waals surface area contributed by atoms with Crippen molar-refractivity contribution in [3.05, 3.63) is 57.8 Å². The number of nitriles is 1. The summed E-state index contributed by atoms with van der Waals surface area (Å²) in [4.78, 5) is 8.24. The smallest absolute Gasteiger partial charge is 0.193 e. The summed E-state index contributed by atoms with van der Waals surface area (Å²) in [5.41, 5.74) is 1.78. The minimum absolute atomic E-state index is 0.609. The molecule has 0 radical (unpaired) electrons. The third-order valence-electron chi connectivity index (χ3n) is 3.46. The molecule has 5 heteroatoms. The maximum atomic E-state index is 8.83. The van der Waals surface area contributed by atoms with Crippen molar-refractivity contribution in [1.82, 2.24) is 10.2 Å². The molecule has 0 bridgehead atoms. The summed E-state index contributed by atoms with van der Waals surface area (Å²) in [7, 11) is 2.06. The fourth-order valence-corrected chi connectivity index (χ4v) is 2.86. The second-order valence-electron chi connectivity index (χ2n) is 5.23. The Morgan fingerprint density at radius 1 is 1.30 bits per heavy atom. The van der Waals surface area contributed by atoms with Crippen molar-refractivity contribution in [2.24, 2.45) is 4.99 Å². The van der Waals surface area contributed by atoms with Crippen molar-refractivity contribution in [3.63, 3.8) is 0 Å². The van der Waals surface area contributed by atoms with Gasteiger partial charge in [0.15, 0.2) is 5.96 Å². The molecular weight excluding hydrogens is 304 g/mol. The maximum absolute atomic E-state index is 8.83. The molecule has 0 aliphatic rings. The highest BCUT2D eigenvalue weighted by molar-refractivity contribution is 7.09. The molecule has 0 saturated heterocycles. The van der Waals surface area contributed by atoms with Crippen LogP contribution in [-0.4, -0.2) is 31.0 Å². The Balaban J connectivity index is 1.96.